The van der Waals surface area contributed by atoms with Crippen molar-refractivity contribution < 1.29 is 23.1 Å². The maximum absolute atomic E-state index is 12.7. The third-order valence-corrected chi connectivity index (χ3v) is 2.05. The fourth-order valence-electron chi connectivity index (χ4n) is 1.28. The Hall–Kier alpha value is -2.58. The number of hydrogen-bond donors (Lipinski definition) is 1. The van der Waals surface area contributed by atoms with Gasteiger partial charge in [0.15, 0.2) is 17.3 Å². The minimum atomic E-state index is -4.90. The molecule has 0 radical (unpaired) electrons. The zero-order valence-corrected chi connectivity index (χ0v) is 9.09. The van der Waals surface area contributed by atoms with E-state index >= 15 is 0 Å². The minimum Gasteiger partial charge on any atom is -0.478 e. The van der Waals surface area contributed by atoms with E-state index in [1.54, 1.807) is 0 Å². The Labute approximate surface area is 104 Å². The van der Waals surface area contributed by atoms with Crippen LogP contribution in [0.25, 0.3) is 11.6 Å². The van der Waals surface area contributed by atoms with Gasteiger partial charge >= 0.3 is 12.1 Å². The normalized spacial score (nSPS) is 11.3. The number of rotatable bonds is 2. The highest BCUT2D eigenvalue weighted by molar-refractivity contribution is 5.88. The van der Waals surface area contributed by atoms with Gasteiger partial charge in [-0.15, -0.1) is 0 Å². The molecule has 2 aromatic heterocycles. The van der Waals surface area contributed by atoms with Gasteiger partial charge < -0.3 is 5.11 Å². The summed E-state index contributed by atoms with van der Waals surface area (Å²) in [4.78, 5) is 24.8. The van der Waals surface area contributed by atoms with Crippen molar-refractivity contribution >= 4 is 5.97 Å². The monoisotopic (exact) mass is 270 g/mol. The molecule has 1 N–H and O–H groups in total. The lowest BCUT2D eigenvalue weighted by molar-refractivity contribution is -0.141. The third-order valence-electron chi connectivity index (χ3n) is 2.05. The Kier molecular flexibility index (Phi) is 3.11. The molecule has 0 aliphatic heterocycles. The fraction of sp³-hybridized carbons (Fsp3) is 0.100. The van der Waals surface area contributed by atoms with E-state index in [0.29, 0.717) is 6.20 Å². The van der Waals surface area contributed by atoms with Crippen LogP contribution in [0.3, 0.4) is 0 Å². The van der Waals surface area contributed by atoms with Crippen LogP contribution in [-0.4, -0.2) is 31.0 Å². The summed E-state index contributed by atoms with van der Waals surface area (Å²) < 4.78 is 38.1. The molecule has 2 rings (SSSR count). The van der Waals surface area contributed by atoms with Crippen LogP contribution in [0.2, 0.25) is 0 Å². The van der Waals surface area contributed by atoms with E-state index in [-0.39, 0.29) is 5.82 Å². The zero-order valence-electron chi connectivity index (χ0n) is 9.09. The maximum atomic E-state index is 12.7. The highest BCUT2D eigenvalue weighted by Gasteiger charge is 2.38. The number of nitrogens with zero attached hydrogens (tertiary/aromatic N) is 4. The molecule has 0 amide bonds. The molecule has 0 bridgehead atoms. The van der Waals surface area contributed by atoms with E-state index in [1.807, 2.05) is 0 Å². The largest absolute Gasteiger partial charge is 0.478 e. The van der Waals surface area contributed by atoms with Crippen molar-refractivity contribution in [2.75, 3.05) is 0 Å². The van der Waals surface area contributed by atoms with Crippen LogP contribution in [0.4, 0.5) is 13.2 Å². The van der Waals surface area contributed by atoms with Crippen LogP contribution >= 0.6 is 0 Å². The van der Waals surface area contributed by atoms with Gasteiger partial charge in [-0.1, -0.05) is 0 Å². The second-order valence-corrected chi connectivity index (χ2v) is 3.33. The topological polar surface area (TPSA) is 88.9 Å². The Morgan fingerprint density at radius 3 is 2.26 bits per heavy atom. The average Bonchev–Trinajstić information content (AvgIpc) is 2.38. The van der Waals surface area contributed by atoms with E-state index in [9.17, 15) is 18.0 Å². The molecule has 2 aromatic rings. The zero-order chi connectivity index (χ0) is 14.0. The number of halogens is 3. The van der Waals surface area contributed by atoms with E-state index in [2.05, 4.69) is 19.9 Å². The summed E-state index contributed by atoms with van der Waals surface area (Å²) in [7, 11) is 0. The van der Waals surface area contributed by atoms with Crippen LogP contribution < -0.4 is 0 Å². The van der Waals surface area contributed by atoms with Crippen LogP contribution in [0, 0.1) is 0 Å². The first-order valence-electron chi connectivity index (χ1n) is 4.84. The lowest BCUT2D eigenvalue weighted by Crippen LogP contribution is -2.17. The molecule has 9 heteroatoms. The molecule has 98 valence electrons. The maximum Gasteiger partial charge on any atom is 0.434 e. The quantitative estimate of drug-likeness (QED) is 0.892. The minimum absolute atomic E-state index is 0.120. The molecule has 2 heterocycles. The van der Waals surface area contributed by atoms with Gasteiger partial charge in [-0.05, 0) is 6.07 Å². The van der Waals surface area contributed by atoms with Crippen LogP contribution in [0.15, 0.2) is 24.7 Å². The standard InChI is InChI=1S/C10H5F3N4O2/c11-10(12,13)6-5(9(18)19)4-16-8(17-6)7-14-2-1-3-15-7/h1-4H,(H,18,19). The molecular weight excluding hydrogens is 265 g/mol. The smallest absolute Gasteiger partial charge is 0.434 e. The predicted octanol–water partition coefficient (Wildman–Crippen LogP) is 1.65. The summed E-state index contributed by atoms with van der Waals surface area (Å²) in [6.07, 6.45) is -1.70. The number of hydrogen-bond acceptors (Lipinski definition) is 5. The predicted molar refractivity (Wildman–Crippen MR) is 55.0 cm³/mol. The molecule has 0 unspecified atom stereocenters. The molecule has 0 aliphatic carbocycles. The van der Waals surface area contributed by atoms with Crippen molar-refractivity contribution in [3.05, 3.63) is 35.9 Å². The summed E-state index contributed by atoms with van der Waals surface area (Å²) in [5.74, 6) is -2.27. The molecule has 19 heavy (non-hydrogen) atoms. The summed E-state index contributed by atoms with van der Waals surface area (Å²) in [6.45, 7) is 0. The van der Waals surface area contributed by atoms with Crippen molar-refractivity contribution in [2.24, 2.45) is 0 Å². The Balaban J connectivity index is 2.60. The van der Waals surface area contributed by atoms with Gasteiger partial charge in [0, 0.05) is 18.6 Å². The highest BCUT2D eigenvalue weighted by Crippen LogP contribution is 2.31. The van der Waals surface area contributed by atoms with Crippen molar-refractivity contribution in [1.29, 1.82) is 0 Å². The van der Waals surface area contributed by atoms with Crippen molar-refractivity contribution in [1.82, 2.24) is 19.9 Å². The van der Waals surface area contributed by atoms with E-state index in [0.717, 1.165) is 0 Å². The van der Waals surface area contributed by atoms with Gasteiger partial charge in [-0.25, -0.2) is 24.7 Å². The van der Waals surface area contributed by atoms with Crippen molar-refractivity contribution in [3.63, 3.8) is 0 Å². The molecular formula is C10H5F3N4O2. The molecule has 0 fully saturated rings. The summed E-state index contributed by atoms with van der Waals surface area (Å²) in [5, 5.41) is 8.68. The number of carbonyl (C=O) groups is 1. The Morgan fingerprint density at radius 2 is 1.74 bits per heavy atom. The van der Waals surface area contributed by atoms with Crippen LogP contribution in [0.5, 0.6) is 0 Å². The molecule has 0 spiro atoms. The summed E-state index contributed by atoms with van der Waals surface area (Å²) >= 11 is 0. The average molecular weight is 270 g/mol. The highest BCUT2D eigenvalue weighted by atomic mass is 19.4. The second kappa shape index (κ2) is 4.59. The van der Waals surface area contributed by atoms with Gasteiger partial charge in [0.2, 0.25) is 0 Å². The number of carboxylic acid groups (broad SMARTS) is 1. The Bertz CT molecular complexity index is 616. The van der Waals surface area contributed by atoms with Gasteiger partial charge in [-0.2, -0.15) is 13.2 Å². The number of aromatic nitrogens is 4. The third kappa shape index (κ3) is 2.64. The van der Waals surface area contributed by atoms with Crippen LogP contribution in [-0.2, 0) is 6.18 Å². The van der Waals surface area contributed by atoms with Gasteiger partial charge in [0.05, 0.1) is 0 Å². The van der Waals surface area contributed by atoms with E-state index in [4.69, 9.17) is 5.11 Å². The molecule has 0 saturated carbocycles. The first kappa shape index (κ1) is 12.9. The second-order valence-electron chi connectivity index (χ2n) is 3.33. The number of alkyl halides is 3. The van der Waals surface area contributed by atoms with Crippen LogP contribution in [0.1, 0.15) is 16.1 Å². The fourth-order valence-corrected chi connectivity index (χ4v) is 1.28. The summed E-state index contributed by atoms with van der Waals surface area (Å²) in [5.41, 5.74) is -2.55. The summed E-state index contributed by atoms with van der Waals surface area (Å²) in [6, 6.07) is 1.47. The molecule has 6 nitrogen and oxygen atoms in total. The molecule has 0 saturated heterocycles. The molecule has 0 aromatic carbocycles. The lowest BCUT2D eigenvalue weighted by atomic mass is 10.2. The van der Waals surface area contributed by atoms with Crippen molar-refractivity contribution in [3.8, 4) is 11.6 Å². The van der Waals surface area contributed by atoms with E-state index in [1.165, 1.54) is 18.5 Å². The van der Waals surface area contributed by atoms with Gasteiger partial charge in [-0.3, -0.25) is 0 Å². The molecule has 0 atom stereocenters. The lowest BCUT2D eigenvalue weighted by Gasteiger charge is -2.09. The first-order chi connectivity index (χ1) is 8.89. The Morgan fingerprint density at radius 1 is 1.11 bits per heavy atom. The van der Waals surface area contributed by atoms with Crippen molar-refractivity contribution in [2.45, 2.75) is 6.18 Å². The molecule has 0 aliphatic rings. The van der Waals surface area contributed by atoms with Gasteiger partial charge in [0.1, 0.15) is 5.56 Å². The first-order valence-corrected chi connectivity index (χ1v) is 4.84. The van der Waals surface area contributed by atoms with Gasteiger partial charge in [0.25, 0.3) is 0 Å². The van der Waals surface area contributed by atoms with E-state index < -0.39 is 29.2 Å². The number of aromatic carboxylic acids is 1. The SMILES string of the molecule is O=C(O)c1cnc(-c2ncccn2)nc1C(F)(F)F. The number of carboxylic acids is 1.